The molecule has 3 rings (SSSR count). The van der Waals surface area contributed by atoms with Crippen molar-refractivity contribution < 1.29 is 9.59 Å². The number of halogens is 1. The maximum Gasteiger partial charge on any atom is 0.255 e. The van der Waals surface area contributed by atoms with Crippen LogP contribution in [0.25, 0.3) is 0 Å². The molecule has 2 amide bonds. The van der Waals surface area contributed by atoms with Crippen molar-refractivity contribution in [3.8, 4) is 0 Å². The van der Waals surface area contributed by atoms with Gasteiger partial charge in [0.15, 0.2) is 0 Å². The summed E-state index contributed by atoms with van der Waals surface area (Å²) in [4.78, 5) is 24.5. The number of carbonyl (C=O) groups excluding carboxylic acids is 2. The summed E-state index contributed by atoms with van der Waals surface area (Å²) in [6.45, 7) is 1.94. The van der Waals surface area contributed by atoms with E-state index in [-0.39, 0.29) is 18.2 Å². The summed E-state index contributed by atoms with van der Waals surface area (Å²) < 4.78 is 0. The number of carbonyl (C=O) groups is 2. The molecule has 0 saturated carbocycles. The zero-order chi connectivity index (χ0) is 19.2. The third kappa shape index (κ3) is 5.19. The Hall–Kier alpha value is -3.11. The second-order valence-electron chi connectivity index (χ2n) is 6.20. The molecule has 2 N–H and O–H groups in total. The highest BCUT2D eigenvalue weighted by Gasteiger charge is 2.09. The zero-order valence-electron chi connectivity index (χ0n) is 14.8. The van der Waals surface area contributed by atoms with Crippen LogP contribution >= 0.6 is 11.6 Å². The van der Waals surface area contributed by atoms with E-state index < -0.39 is 0 Å². The predicted molar refractivity (Wildman–Crippen MR) is 109 cm³/mol. The first-order valence-electron chi connectivity index (χ1n) is 8.52. The summed E-state index contributed by atoms with van der Waals surface area (Å²) in [5, 5.41) is 6.35. The second-order valence-corrected chi connectivity index (χ2v) is 6.63. The van der Waals surface area contributed by atoms with Crippen molar-refractivity contribution in [3.05, 3.63) is 94.5 Å². The lowest BCUT2D eigenvalue weighted by Crippen LogP contribution is -2.15. The SMILES string of the molecule is Cc1ccccc1NC(=O)c1ccc(NC(=O)Cc2ccc(Cl)cc2)cc1. The summed E-state index contributed by atoms with van der Waals surface area (Å²) in [7, 11) is 0. The molecule has 4 nitrogen and oxygen atoms in total. The van der Waals surface area contributed by atoms with Crippen LogP contribution in [0.2, 0.25) is 5.02 Å². The smallest absolute Gasteiger partial charge is 0.255 e. The molecule has 0 spiro atoms. The second kappa shape index (κ2) is 8.52. The monoisotopic (exact) mass is 378 g/mol. The minimum atomic E-state index is -0.191. The Bertz CT molecular complexity index is 951. The Morgan fingerprint density at radius 1 is 0.852 bits per heavy atom. The lowest BCUT2D eigenvalue weighted by molar-refractivity contribution is -0.115. The summed E-state index contributed by atoms with van der Waals surface area (Å²) >= 11 is 5.84. The lowest BCUT2D eigenvalue weighted by Gasteiger charge is -2.09. The van der Waals surface area contributed by atoms with Crippen LogP contribution < -0.4 is 10.6 Å². The van der Waals surface area contributed by atoms with Gasteiger partial charge in [-0.3, -0.25) is 9.59 Å². The molecule has 0 heterocycles. The number of nitrogens with one attached hydrogen (secondary N) is 2. The standard InChI is InChI=1S/C22H19ClN2O2/c1-15-4-2-3-5-20(15)25-22(27)17-8-12-19(13-9-17)24-21(26)14-16-6-10-18(23)11-7-16/h2-13H,14H2,1H3,(H,24,26)(H,25,27). The van der Waals surface area contributed by atoms with E-state index >= 15 is 0 Å². The minimum Gasteiger partial charge on any atom is -0.326 e. The van der Waals surface area contributed by atoms with Gasteiger partial charge >= 0.3 is 0 Å². The molecule has 5 heteroatoms. The highest BCUT2D eigenvalue weighted by atomic mass is 35.5. The molecule has 0 aliphatic rings. The van der Waals surface area contributed by atoms with Crippen molar-refractivity contribution in [1.82, 2.24) is 0 Å². The van der Waals surface area contributed by atoms with E-state index in [1.54, 1.807) is 36.4 Å². The van der Waals surface area contributed by atoms with Gasteiger partial charge in [-0.05, 0) is 60.5 Å². The van der Waals surface area contributed by atoms with Crippen molar-refractivity contribution >= 4 is 34.8 Å². The average molecular weight is 379 g/mol. The van der Waals surface area contributed by atoms with Crippen LogP contribution in [-0.2, 0) is 11.2 Å². The van der Waals surface area contributed by atoms with Gasteiger partial charge in [0.1, 0.15) is 0 Å². The van der Waals surface area contributed by atoms with Crippen LogP contribution in [0.5, 0.6) is 0 Å². The molecule has 0 aromatic heterocycles. The van der Waals surface area contributed by atoms with Gasteiger partial charge in [0.25, 0.3) is 5.91 Å². The number of anilines is 2. The number of benzene rings is 3. The van der Waals surface area contributed by atoms with Gasteiger partial charge in [-0.2, -0.15) is 0 Å². The van der Waals surface area contributed by atoms with Crippen molar-refractivity contribution in [2.45, 2.75) is 13.3 Å². The van der Waals surface area contributed by atoms with Crippen molar-refractivity contribution in [2.75, 3.05) is 10.6 Å². The van der Waals surface area contributed by atoms with Crippen LogP contribution in [0.15, 0.2) is 72.8 Å². The summed E-state index contributed by atoms with van der Waals surface area (Å²) in [6, 6.07) is 21.6. The molecule has 0 unspecified atom stereocenters. The van der Waals surface area contributed by atoms with Crippen molar-refractivity contribution in [2.24, 2.45) is 0 Å². The Balaban J connectivity index is 1.59. The number of rotatable bonds is 5. The van der Waals surface area contributed by atoms with E-state index in [1.165, 1.54) is 0 Å². The van der Waals surface area contributed by atoms with E-state index in [0.717, 1.165) is 16.8 Å². The number of aryl methyl sites for hydroxylation is 1. The van der Waals surface area contributed by atoms with E-state index in [4.69, 9.17) is 11.6 Å². The summed E-state index contributed by atoms with van der Waals surface area (Å²) in [6.07, 6.45) is 0.257. The van der Waals surface area contributed by atoms with Gasteiger partial charge in [-0.15, -0.1) is 0 Å². The van der Waals surface area contributed by atoms with E-state index in [2.05, 4.69) is 10.6 Å². The Morgan fingerprint density at radius 2 is 1.52 bits per heavy atom. The third-order valence-electron chi connectivity index (χ3n) is 4.10. The Kier molecular flexibility index (Phi) is 5.89. The van der Waals surface area contributed by atoms with Gasteiger partial charge in [-0.25, -0.2) is 0 Å². The molecule has 0 atom stereocenters. The topological polar surface area (TPSA) is 58.2 Å². The fourth-order valence-corrected chi connectivity index (χ4v) is 2.73. The molecule has 0 aliphatic carbocycles. The minimum absolute atomic E-state index is 0.130. The van der Waals surface area contributed by atoms with Crippen LogP contribution in [0, 0.1) is 6.92 Å². The predicted octanol–water partition coefficient (Wildman–Crippen LogP) is 5.08. The molecule has 0 saturated heterocycles. The molecule has 3 aromatic rings. The first-order chi connectivity index (χ1) is 13.0. The normalized spacial score (nSPS) is 10.3. The van der Waals surface area contributed by atoms with Crippen LogP contribution in [-0.4, -0.2) is 11.8 Å². The largest absolute Gasteiger partial charge is 0.326 e. The molecule has 3 aromatic carbocycles. The number of para-hydroxylation sites is 1. The first-order valence-corrected chi connectivity index (χ1v) is 8.90. The highest BCUT2D eigenvalue weighted by molar-refractivity contribution is 6.30. The number of amides is 2. The molecular formula is C22H19ClN2O2. The van der Waals surface area contributed by atoms with E-state index in [1.807, 2.05) is 43.3 Å². The van der Waals surface area contributed by atoms with Gasteiger partial charge in [0.2, 0.25) is 5.91 Å². The summed E-state index contributed by atoms with van der Waals surface area (Å²) in [5.74, 6) is -0.322. The lowest BCUT2D eigenvalue weighted by atomic mass is 10.1. The van der Waals surface area contributed by atoms with Crippen LogP contribution in [0.4, 0.5) is 11.4 Å². The van der Waals surface area contributed by atoms with Gasteiger partial charge in [-0.1, -0.05) is 41.9 Å². The first kappa shape index (κ1) is 18.7. The Labute approximate surface area is 163 Å². The fourth-order valence-electron chi connectivity index (χ4n) is 2.61. The molecule has 0 aliphatic heterocycles. The zero-order valence-corrected chi connectivity index (χ0v) is 15.6. The van der Waals surface area contributed by atoms with E-state index in [0.29, 0.717) is 16.3 Å². The number of hydrogen-bond donors (Lipinski definition) is 2. The molecule has 0 fully saturated rings. The average Bonchev–Trinajstić information content (AvgIpc) is 2.66. The maximum absolute atomic E-state index is 12.4. The molecular weight excluding hydrogens is 360 g/mol. The Morgan fingerprint density at radius 3 is 2.19 bits per heavy atom. The van der Waals surface area contributed by atoms with Gasteiger partial charge in [0.05, 0.1) is 6.42 Å². The highest BCUT2D eigenvalue weighted by Crippen LogP contribution is 2.16. The molecule has 27 heavy (non-hydrogen) atoms. The fraction of sp³-hybridized carbons (Fsp3) is 0.0909. The van der Waals surface area contributed by atoms with E-state index in [9.17, 15) is 9.59 Å². The maximum atomic E-state index is 12.4. The van der Waals surface area contributed by atoms with Crippen LogP contribution in [0.1, 0.15) is 21.5 Å². The molecule has 0 radical (unpaired) electrons. The van der Waals surface area contributed by atoms with Crippen molar-refractivity contribution in [3.63, 3.8) is 0 Å². The van der Waals surface area contributed by atoms with Gasteiger partial charge in [0, 0.05) is 22.0 Å². The molecule has 136 valence electrons. The molecule has 0 bridgehead atoms. The number of hydrogen-bond acceptors (Lipinski definition) is 2. The van der Waals surface area contributed by atoms with Gasteiger partial charge < -0.3 is 10.6 Å². The van der Waals surface area contributed by atoms with Crippen LogP contribution in [0.3, 0.4) is 0 Å². The third-order valence-corrected chi connectivity index (χ3v) is 4.35. The summed E-state index contributed by atoms with van der Waals surface area (Å²) in [5.41, 5.74) is 3.82. The quantitative estimate of drug-likeness (QED) is 0.650. The van der Waals surface area contributed by atoms with Crippen molar-refractivity contribution in [1.29, 1.82) is 0 Å².